The van der Waals surface area contributed by atoms with Crippen LogP contribution in [0.1, 0.15) is 29.2 Å². The Labute approximate surface area is 184 Å². The first-order valence-electron chi connectivity index (χ1n) is 10.5. The van der Waals surface area contributed by atoms with Gasteiger partial charge >= 0.3 is 0 Å². The Morgan fingerprint density at radius 3 is 2.66 bits per heavy atom. The van der Waals surface area contributed by atoms with Crippen molar-refractivity contribution in [1.29, 1.82) is 0 Å². The molecule has 1 fully saturated rings. The molecule has 0 radical (unpaired) electrons. The summed E-state index contributed by atoms with van der Waals surface area (Å²) in [4.78, 5) is 27.2. The number of nitrogens with zero attached hydrogens (tertiary/aromatic N) is 6. The number of fused-ring (bicyclic) bond motifs is 1. The number of nitrogens with one attached hydrogen (secondary N) is 1. The highest BCUT2D eigenvalue weighted by Crippen LogP contribution is 2.26. The minimum atomic E-state index is -0.569. The highest BCUT2D eigenvalue weighted by atomic mass is 19.1. The molecule has 0 bridgehead atoms. The zero-order valence-corrected chi connectivity index (χ0v) is 17.6. The van der Waals surface area contributed by atoms with E-state index < -0.39 is 11.7 Å². The van der Waals surface area contributed by atoms with Gasteiger partial charge in [-0.25, -0.2) is 9.37 Å². The van der Waals surface area contributed by atoms with Crippen LogP contribution < -0.4 is 5.32 Å². The van der Waals surface area contributed by atoms with Gasteiger partial charge in [0, 0.05) is 35.7 Å². The molecule has 5 heterocycles. The van der Waals surface area contributed by atoms with Gasteiger partial charge in [0.05, 0.1) is 29.7 Å². The lowest BCUT2D eigenvalue weighted by atomic mass is 10.1. The minimum absolute atomic E-state index is 0.128. The molecule has 1 saturated heterocycles. The molecule has 0 atom stereocenters. The van der Waals surface area contributed by atoms with Gasteiger partial charge in [-0.2, -0.15) is 5.10 Å². The van der Waals surface area contributed by atoms with Crippen LogP contribution in [0.5, 0.6) is 0 Å². The summed E-state index contributed by atoms with van der Waals surface area (Å²) in [5.74, 6) is -0.677. The molecule has 0 aliphatic carbocycles. The summed E-state index contributed by atoms with van der Waals surface area (Å²) in [6.07, 6.45) is 11.8. The molecule has 162 valence electrons. The van der Waals surface area contributed by atoms with Crippen molar-refractivity contribution in [3.63, 3.8) is 0 Å². The van der Waals surface area contributed by atoms with Crippen molar-refractivity contribution < 1.29 is 9.18 Å². The van der Waals surface area contributed by atoms with E-state index in [2.05, 4.69) is 37.3 Å². The molecule has 32 heavy (non-hydrogen) atoms. The zero-order valence-electron chi connectivity index (χ0n) is 17.6. The van der Waals surface area contributed by atoms with Gasteiger partial charge in [0.15, 0.2) is 0 Å². The van der Waals surface area contributed by atoms with E-state index in [0.717, 1.165) is 60.2 Å². The van der Waals surface area contributed by atoms with Crippen LogP contribution in [0.15, 0.2) is 55.4 Å². The molecule has 1 aliphatic heterocycles. The van der Waals surface area contributed by atoms with E-state index in [-0.39, 0.29) is 5.56 Å². The van der Waals surface area contributed by atoms with Crippen LogP contribution in [-0.4, -0.2) is 55.7 Å². The van der Waals surface area contributed by atoms with Gasteiger partial charge in [-0.05, 0) is 56.6 Å². The first kappa shape index (κ1) is 20.2. The molecule has 9 heteroatoms. The Kier molecular flexibility index (Phi) is 5.32. The van der Waals surface area contributed by atoms with E-state index in [0.29, 0.717) is 11.9 Å². The molecule has 0 aromatic carbocycles. The number of likely N-dealkylation sites (tertiary alicyclic amines) is 1. The van der Waals surface area contributed by atoms with E-state index in [9.17, 15) is 9.18 Å². The average molecular weight is 431 g/mol. The number of pyridine rings is 3. The lowest BCUT2D eigenvalue weighted by Crippen LogP contribution is -2.31. The van der Waals surface area contributed by atoms with E-state index in [1.165, 1.54) is 6.20 Å². The summed E-state index contributed by atoms with van der Waals surface area (Å²) in [6.45, 7) is 2.14. The van der Waals surface area contributed by atoms with Gasteiger partial charge in [0.1, 0.15) is 11.6 Å². The maximum Gasteiger partial charge on any atom is 0.258 e. The van der Waals surface area contributed by atoms with Gasteiger partial charge in [-0.1, -0.05) is 0 Å². The van der Waals surface area contributed by atoms with Crippen LogP contribution in [0, 0.1) is 5.82 Å². The number of halogens is 1. The number of carbonyl (C=O) groups excluding carboxylic acids is 1. The molecule has 4 aromatic heterocycles. The van der Waals surface area contributed by atoms with Gasteiger partial charge in [0.25, 0.3) is 5.91 Å². The quantitative estimate of drug-likeness (QED) is 0.532. The number of carbonyl (C=O) groups is 1. The number of hydrogen-bond acceptors (Lipinski definition) is 6. The predicted molar refractivity (Wildman–Crippen MR) is 119 cm³/mol. The molecule has 0 spiro atoms. The second kappa shape index (κ2) is 8.43. The molecule has 1 aliphatic rings. The summed E-state index contributed by atoms with van der Waals surface area (Å²) >= 11 is 0. The van der Waals surface area contributed by atoms with Crippen molar-refractivity contribution >= 4 is 22.5 Å². The Hall–Kier alpha value is -3.72. The van der Waals surface area contributed by atoms with Gasteiger partial charge in [0.2, 0.25) is 0 Å². The van der Waals surface area contributed by atoms with Gasteiger partial charge in [-0.3, -0.25) is 19.4 Å². The largest absolute Gasteiger partial charge is 0.306 e. The van der Waals surface area contributed by atoms with Crippen LogP contribution in [0.2, 0.25) is 0 Å². The molecule has 5 rings (SSSR count). The van der Waals surface area contributed by atoms with Crippen molar-refractivity contribution in [2.45, 2.75) is 18.9 Å². The number of anilines is 1. The third kappa shape index (κ3) is 4.19. The molecular formula is C23H22FN7O. The normalized spacial score (nSPS) is 15.2. The summed E-state index contributed by atoms with van der Waals surface area (Å²) in [5, 5.41) is 8.99. The maximum absolute atomic E-state index is 13.3. The van der Waals surface area contributed by atoms with Crippen molar-refractivity contribution in [3.05, 3.63) is 66.8 Å². The lowest BCUT2D eigenvalue weighted by molar-refractivity contribution is 0.102. The third-order valence-electron chi connectivity index (χ3n) is 5.77. The monoisotopic (exact) mass is 431 g/mol. The summed E-state index contributed by atoms with van der Waals surface area (Å²) < 4.78 is 15.4. The molecule has 1 amide bonds. The topological polar surface area (TPSA) is 88.8 Å². The van der Waals surface area contributed by atoms with Gasteiger partial charge < -0.3 is 10.2 Å². The van der Waals surface area contributed by atoms with Crippen LogP contribution >= 0.6 is 0 Å². The van der Waals surface area contributed by atoms with Crippen LogP contribution in [0.25, 0.3) is 22.0 Å². The number of piperidine rings is 1. The maximum atomic E-state index is 13.3. The van der Waals surface area contributed by atoms with Crippen LogP contribution in [0.4, 0.5) is 10.2 Å². The van der Waals surface area contributed by atoms with Crippen molar-refractivity contribution in [2.24, 2.45) is 0 Å². The lowest BCUT2D eigenvalue weighted by Gasteiger charge is -2.28. The Morgan fingerprint density at radius 2 is 1.84 bits per heavy atom. The van der Waals surface area contributed by atoms with Crippen molar-refractivity contribution in [1.82, 2.24) is 29.6 Å². The second-order valence-corrected chi connectivity index (χ2v) is 8.08. The molecule has 1 N–H and O–H groups in total. The average Bonchev–Trinajstić information content (AvgIpc) is 3.29. The Bertz CT molecular complexity index is 1280. The van der Waals surface area contributed by atoms with E-state index in [1.807, 2.05) is 23.1 Å². The van der Waals surface area contributed by atoms with E-state index >= 15 is 0 Å². The molecule has 0 saturated carbocycles. The van der Waals surface area contributed by atoms with Crippen LogP contribution in [0.3, 0.4) is 0 Å². The fraction of sp³-hybridized carbons (Fsp3) is 0.261. The number of hydrogen-bond donors (Lipinski definition) is 1. The highest BCUT2D eigenvalue weighted by Gasteiger charge is 2.19. The summed E-state index contributed by atoms with van der Waals surface area (Å²) in [5.41, 5.74) is 1.87. The molecular weight excluding hydrogens is 409 g/mol. The fourth-order valence-electron chi connectivity index (χ4n) is 3.92. The number of aromatic nitrogens is 5. The first-order valence-corrected chi connectivity index (χ1v) is 10.5. The molecule has 4 aromatic rings. The Balaban J connectivity index is 1.37. The second-order valence-electron chi connectivity index (χ2n) is 8.08. The SMILES string of the molecule is CN1CCC(n2cc(-c3cc4cc(NC(=O)c5cncc(F)c5)ncc4cn3)cn2)CC1. The van der Waals surface area contributed by atoms with Crippen molar-refractivity contribution in [3.8, 4) is 11.3 Å². The van der Waals surface area contributed by atoms with Crippen LogP contribution in [-0.2, 0) is 0 Å². The Morgan fingerprint density at radius 1 is 1.03 bits per heavy atom. The predicted octanol–water partition coefficient (Wildman–Crippen LogP) is 3.55. The standard InChI is InChI=1S/C23H22FN7O/c1-30-4-2-20(3-5-30)31-14-18(12-28-31)21-7-15-8-22(27-11-17(15)10-26-21)29-23(32)16-6-19(24)13-25-9-16/h6-14,20H,2-5H2,1H3,(H,27,29,32). The number of amides is 1. The van der Waals surface area contributed by atoms with Gasteiger partial charge in [-0.15, -0.1) is 0 Å². The fourth-order valence-corrected chi connectivity index (χ4v) is 3.92. The smallest absolute Gasteiger partial charge is 0.258 e. The zero-order chi connectivity index (χ0) is 22.1. The van der Waals surface area contributed by atoms with E-state index in [1.54, 1.807) is 18.5 Å². The summed E-state index contributed by atoms with van der Waals surface area (Å²) in [6, 6.07) is 5.26. The highest BCUT2D eigenvalue weighted by molar-refractivity contribution is 6.04. The summed E-state index contributed by atoms with van der Waals surface area (Å²) in [7, 11) is 2.14. The molecule has 8 nitrogen and oxygen atoms in total. The van der Waals surface area contributed by atoms with Crippen molar-refractivity contribution in [2.75, 3.05) is 25.5 Å². The number of rotatable bonds is 4. The third-order valence-corrected chi connectivity index (χ3v) is 5.77. The van der Waals surface area contributed by atoms with E-state index in [4.69, 9.17) is 0 Å². The minimum Gasteiger partial charge on any atom is -0.306 e. The first-order chi connectivity index (χ1) is 15.5. The molecule has 0 unspecified atom stereocenters.